The Morgan fingerprint density at radius 3 is 2.08 bits per heavy atom. The fourth-order valence-electron chi connectivity index (χ4n) is 1.64. The highest BCUT2D eigenvalue weighted by Crippen LogP contribution is 2.30. The van der Waals surface area contributed by atoms with Crippen LogP contribution in [0, 0.1) is 0 Å². The lowest BCUT2D eigenvalue weighted by Crippen LogP contribution is -2.74. The molecule has 0 aliphatic carbocycles. The molecule has 3 saturated heterocycles. The number of nitrogens with zero attached hydrogens (tertiary/aromatic N) is 2. The van der Waals surface area contributed by atoms with E-state index in [-0.39, 0.29) is 24.4 Å². The fraction of sp³-hybridized carbons (Fsp3) is 0.571. The molecular weight excluding hydrogens is 160 g/mol. The summed E-state index contributed by atoms with van der Waals surface area (Å²) in [7, 11) is 0. The van der Waals surface area contributed by atoms with Crippen LogP contribution in [-0.2, 0) is 9.59 Å². The summed E-state index contributed by atoms with van der Waals surface area (Å²) < 4.78 is 0. The van der Waals surface area contributed by atoms with Gasteiger partial charge in [0.25, 0.3) is 0 Å². The van der Waals surface area contributed by atoms with Crippen molar-refractivity contribution in [2.75, 3.05) is 0 Å². The maximum absolute atomic E-state index is 11.1. The number of carbonyl (C=O) groups excluding carboxylic acids is 3. The highest BCUT2D eigenvalue weighted by Gasteiger charge is 2.55. The first-order chi connectivity index (χ1) is 5.66. The van der Waals surface area contributed by atoms with Gasteiger partial charge in [-0.05, 0) is 6.42 Å². The van der Waals surface area contributed by atoms with Gasteiger partial charge < -0.3 is 0 Å². The number of barbiturate groups is 1. The molecule has 0 saturated carbocycles. The van der Waals surface area contributed by atoms with Gasteiger partial charge in [0, 0.05) is 0 Å². The van der Waals surface area contributed by atoms with Crippen LogP contribution in [0.25, 0.3) is 0 Å². The Kier molecular flexibility index (Phi) is 1.25. The van der Waals surface area contributed by atoms with Crippen LogP contribution in [0.2, 0.25) is 0 Å². The normalized spacial score (nSPS) is 23.2. The zero-order valence-corrected chi connectivity index (χ0v) is 6.61. The largest absolute Gasteiger partial charge is 0.336 e. The van der Waals surface area contributed by atoms with Crippen LogP contribution >= 0.6 is 0 Å². The Balaban J connectivity index is 2.32. The molecule has 0 aromatic rings. The van der Waals surface area contributed by atoms with Crippen LogP contribution in [0.5, 0.6) is 0 Å². The molecule has 3 aliphatic heterocycles. The molecule has 2 bridgehead atoms. The molecule has 5 heteroatoms. The predicted octanol–water partition coefficient (Wildman–Crippen LogP) is -0.0830. The number of carbonyl (C=O) groups is 3. The summed E-state index contributed by atoms with van der Waals surface area (Å²) in [4.78, 5) is 35.5. The van der Waals surface area contributed by atoms with Gasteiger partial charge in [-0.3, -0.25) is 9.59 Å². The fourth-order valence-corrected chi connectivity index (χ4v) is 1.64. The van der Waals surface area contributed by atoms with Crippen molar-refractivity contribution in [3.05, 3.63) is 0 Å². The van der Waals surface area contributed by atoms with Gasteiger partial charge in [0.05, 0.1) is 0 Å². The molecule has 0 atom stereocenters. The Bertz CT molecular complexity index is 248. The number of hydrogen-bond acceptors (Lipinski definition) is 3. The van der Waals surface area contributed by atoms with E-state index in [1.165, 1.54) is 0 Å². The van der Waals surface area contributed by atoms with Crippen LogP contribution in [-0.4, -0.2) is 33.8 Å². The summed E-state index contributed by atoms with van der Waals surface area (Å²) in [5.74, 6) is -0.723. The van der Waals surface area contributed by atoms with Gasteiger partial charge in [0.2, 0.25) is 11.8 Å². The highest BCUT2D eigenvalue weighted by molar-refractivity contribution is 6.18. The van der Waals surface area contributed by atoms with Gasteiger partial charge in [0.15, 0.2) is 0 Å². The van der Waals surface area contributed by atoms with E-state index < -0.39 is 6.03 Å². The lowest BCUT2D eigenvalue weighted by atomic mass is 10.1. The second-order valence-electron chi connectivity index (χ2n) is 2.88. The van der Waals surface area contributed by atoms with Gasteiger partial charge in [0.1, 0.15) is 12.6 Å². The number of hydrogen-bond donors (Lipinski definition) is 0. The first-order valence-electron chi connectivity index (χ1n) is 3.85. The van der Waals surface area contributed by atoms with Gasteiger partial charge in [-0.15, -0.1) is 0 Å². The molecule has 3 rings (SSSR count). The lowest BCUT2D eigenvalue weighted by molar-refractivity contribution is -0.163. The summed E-state index contributed by atoms with van der Waals surface area (Å²) in [6.45, 7) is 1.84. The average molecular weight is 168 g/mol. The van der Waals surface area contributed by atoms with Crippen molar-refractivity contribution in [3.8, 4) is 0 Å². The van der Waals surface area contributed by atoms with Crippen LogP contribution in [0.4, 0.5) is 4.79 Å². The molecule has 3 fully saturated rings. The van der Waals surface area contributed by atoms with E-state index in [4.69, 9.17) is 0 Å². The van der Waals surface area contributed by atoms with Crippen molar-refractivity contribution in [2.45, 2.75) is 25.9 Å². The number of amides is 4. The molecule has 5 nitrogen and oxygen atoms in total. The average Bonchev–Trinajstić information content (AvgIpc) is 1.98. The monoisotopic (exact) mass is 168 g/mol. The third kappa shape index (κ3) is 0.609. The Morgan fingerprint density at radius 1 is 1.25 bits per heavy atom. The molecule has 0 aromatic carbocycles. The molecular formula is C7H8N2O3. The van der Waals surface area contributed by atoms with Crippen molar-refractivity contribution in [1.82, 2.24) is 9.80 Å². The summed E-state index contributed by atoms with van der Waals surface area (Å²) in [6, 6.07) is -0.455. The van der Waals surface area contributed by atoms with Crippen molar-refractivity contribution >= 4 is 17.8 Å². The van der Waals surface area contributed by atoms with E-state index in [0.29, 0.717) is 6.42 Å². The van der Waals surface area contributed by atoms with Gasteiger partial charge in [-0.1, -0.05) is 6.92 Å². The van der Waals surface area contributed by atoms with Gasteiger partial charge in [-0.25, -0.2) is 14.6 Å². The SMILES string of the molecule is CCC1N2C(=O)CC(=O)N1C2=O. The Hall–Kier alpha value is -1.39. The first kappa shape index (κ1) is 7.27. The van der Waals surface area contributed by atoms with Crippen molar-refractivity contribution in [1.29, 1.82) is 0 Å². The topological polar surface area (TPSA) is 57.7 Å². The molecule has 3 heterocycles. The quantitative estimate of drug-likeness (QED) is 0.514. The molecule has 0 N–H and O–H groups in total. The van der Waals surface area contributed by atoms with Crippen molar-refractivity contribution < 1.29 is 14.4 Å². The minimum atomic E-state index is -0.455. The minimum Gasteiger partial charge on any atom is -0.274 e. The van der Waals surface area contributed by atoms with E-state index >= 15 is 0 Å². The number of imide groups is 2. The van der Waals surface area contributed by atoms with E-state index in [2.05, 4.69) is 0 Å². The Morgan fingerprint density at radius 2 is 1.75 bits per heavy atom. The van der Waals surface area contributed by atoms with E-state index in [9.17, 15) is 14.4 Å². The van der Waals surface area contributed by atoms with E-state index in [1.807, 2.05) is 6.92 Å². The molecule has 0 radical (unpaired) electrons. The second-order valence-corrected chi connectivity index (χ2v) is 2.88. The summed E-state index contributed by atoms with van der Waals surface area (Å²) >= 11 is 0. The molecule has 4 amide bonds. The van der Waals surface area contributed by atoms with Crippen LogP contribution in [0.3, 0.4) is 0 Å². The second kappa shape index (κ2) is 2.06. The summed E-state index contributed by atoms with van der Waals surface area (Å²) in [5, 5.41) is 0. The Labute approximate surface area is 68.9 Å². The number of fused-ring (bicyclic) bond motifs is 2. The summed E-state index contributed by atoms with van der Waals surface area (Å²) in [5.41, 5.74) is 0. The molecule has 12 heavy (non-hydrogen) atoms. The minimum absolute atomic E-state index is 0.151. The predicted molar refractivity (Wildman–Crippen MR) is 37.8 cm³/mol. The van der Waals surface area contributed by atoms with Crippen LogP contribution < -0.4 is 0 Å². The van der Waals surface area contributed by atoms with Crippen LogP contribution in [0.1, 0.15) is 19.8 Å². The van der Waals surface area contributed by atoms with E-state index in [0.717, 1.165) is 9.80 Å². The molecule has 3 aliphatic rings. The van der Waals surface area contributed by atoms with Gasteiger partial charge in [-0.2, -0.15) is 0 Å². The van der Waals surface area contributed by atoms with Crippen molar-refractivity contribution in [2.24, 2.45) is 0 Å². The van der Waals surface area contributed by atoms with Crippen LogP contribution in [0.15, 0.2) is 0 Å². The van der Waals surface area contributed by atoms with Gasteiger partial charge >= 0.3 is 6.03 Å². The zero-order chi connectivity index (χ0) is 8.88. The third-order valence-corrected chi connectivity index (χ3v) is 2.21. The maximum atomic E-state index is 11.1. The number of rotatable bonds is 1. The lowest BCUT2D eigenvalue weighted by Gasteiger charge is -2.50. The maximum Gasteiger partial charge on any atom is 0.336 e. The standard InChI is InChI=1S/C7H8N2O3/c1-2-4-8-5(10)3-6(11)9(4)7(8)12/h4H,2-3H2,1H3. The molecule has 64 valence electrons. The molecule has 0 unspecified atom stereocenters. The smallest absolute Gasteiger partial charge is 0.274 e. The first-order valence-corrected chi connectivity index (χ1v) is 3.85. The third-order valence-electron chi connectivity index (χ3n) is 2.21. The molecule has 0 aromatic heterocycles. The van der Waals surface area contributed by atoms with Crippen molar-refractivity contribution in [3.63, 3.8) is 0 Å². The zero-order valence-electron chi connectivity index (χ0n) is 6.61. The summed E-state index contributed by atoms with van der Waals surface area (Å²) in [6.07, 6.45) is 0.164. The number of urea groups is 1. The highest BCUT2D eigenvalue weighted by atomic mass is 16.2. The van der Waals surface area contributed by atoms with E-state index in [1.54, 1.807) is 0 Å². The molecule has 0 spiro atoms.